The van der Waals surface area contributed by atoms with Gasteiger partial charge in [-0.05, 0) is 25.1 Å². The van der Waals surface area contributed by atoms with Gasteiger partial charge in [-0.1, -0.05) is 18.2 Å². The maximum absolute atomic E-state index is 5.25. The number of anilines is 1. The van der Waals surface area contributed by atoms with Crippen molar-refractivity contribution in [1.82, 2.24) is 5.32 Å². The molecule has 0 aliphatic carbocycles. The van der Waals surface area contributed by atoms with E-state index >= 15 is 0 Å². The molecule has 1 aliphatic rings. The number of rotatable bonds is 5. The smallest absolute Gasteiger partial charge is 0.0508 e. The van der Waals surface area contributed by atoms with Crippen molar-refractivity contribution in [2.45, 2.75) is 13.0 Å². The average molecular weight is 234 g/mol. The summed E-state index contributed by atoms with van der Waals surface area (Å²) in [6.07, 6.45) is 1.24. The summed E-state index contributed by atoms with van der Waals surface area (Å²) in [5.41, 5.74) is 2.76. The van der Waals surface area contributed by atoms with Crippen LogP contribution in [-0.2, 0) is 11.3 Å². The van der Waals surface area contributed by atoms with E-state index in [1.165, 1.54) is 17.7 Å². The molecule has 0 radical (unpaired) electrons. The van der Waals surface area contributed by atoms with Gasteiger partial charge in [-0.25, -0.2) is 0 Å². The minimum absolute atomic E-state index is 0.683. The molecule has 1 fully saturated rings. The molecular formula is C14H22N2O. The van der Waals surface area contributed by atoms with Gasteiger partial charge in [0.1, 0.15) is 0 Å². The van der Waals surface area contributed by atoms with Gasteiger partial charge in [0, 0.05) is 38.3 Å². The summed E-state index contributed by atoms with van der Waals surface area (Å²) in [7, 11) is 3.78. The van der Waals surface area contributed by atoms with Crippen LogP contribution in [0, 0.1) is 5.92 Å². The van der Waals surface area contributed by atoms with Crippen LogP contribution in [0.3, 0.4) is 0 Å². The van der Waals surface area contributed by atoms with Gasteiger partial charge in [0.2, 0.25) is 0 Å². The first-order valence-electron chi connectivity index (χ1n) is 6.31. The molecular weight excluding hydrogens is 212 g/mol. The Hall–Kier alpha value is -1.06. The molecule has 1 aliphatic heterocycles. The van der Waals surface area contributed by atoms with Crippen LogP contribution in [0.25, 0.3) is 0 Å². The molecule has 3 heteroatoms. The van der Waals surface area contributed by atoms with Crippen molar-refractivity contribution in [3.8, 4) is 0 Å². The summed E-state index contributed by atoms with van der Waals surface area (Å²) < 4.78 is 5.25. The molecule has 0 aromatic heterocycles. The van der Waals surface area contributed by atoms with Crippen molar-refractivity contribution in [1.29, 1.82) is 0 Å². The van der Waals surface area contributed by atoms with E-state index in [1.54, 1.807) is 7.11 Å². The van der Waals surface area contributed by atoms with E-state index in [4.69, 9.17) is 4.74 Å². The topological polar surface area (TPSA) is 24.5 Å². The number of benzene rings is 1. The molecule has 1 heterocycles. The molecule has 1 aromatic rings. The Balaban J connectivity index is 2.07. The molecule has 1 aromatic carbocycles. The second kappa shape index (κ2) is 6.03. The number of nitrogens with one attached hydrogen (secondary N) is 1. The molecule has 0 spiro atoms. The fourth-order valence-electron chi connectivity index (χ4n) is 2.58. The predicted octanol–water partition coefficient (Wildman–Crippen LogP) is 1.88. The largest absolute Gasteiger partial charge is 0.384 e. The molecule has 1 N–H and O–H groups in total. The summed E-state index contributed by atoms with van der Waals surface area (Å²) in [5, 5.41) is 3.23. The van der Waals surface area contributed by atoms with Crippen molar-refractivity contribution < 1.29 is 4.74 Å². The summed E-state index contributed by atoms with van der Waals surface area (Å²) in [6, 6.07) is 8.66. The minimum atomic E-state index is 0.683. The SMILES string of the molecule is CNCc1ccccc1N1CCC(COC)C1. The molecule has 94 valence electrons. The van der Waals surface area contributed by atoms with Gasteiger partial charge in [-0.2, -0.15) is 0 Å². The van der Waals surface area contributed by atoms with Crippen LogP contribution in [0.4, 0.5) is 5.69 Å². The molecule has 0 saturated carbocycles. The molecule has 1 saturated heterocycles. The van der Waals surface area contributed by atoms with Gasteiger partial charge in [-0.3, -0.25) is 0 Å². The second-order valence-corrected chi connectivity index (χ2v) is 4.72. The van der Waals surface area contributed by atoms with Crippen LogP contribution in [-0.4, -0.2) is 33.9 Å². The third kappa shape index (κ3) is 2.99. The Kier molecular flexibility index (Phi) is 4.40. The first-order valence-corrected chi connectivity index (χ1v) is 6.31. The second-order valence-electron chi connectivity index (χ2n) is 4.72. The van der Waals surface area contributed by atoms with Crippen molar-refractivity contribution in [2.75, 3.05) is 38.8 Å². The van der Waals surface area contributed by atoms with E-state index in [-0.39, 0.29) is 0 Å². The third-order valence-electron chi connectivity index (χ3n) is 3.39. The zero-order valence-electron chi connectivity index (χ0n) is 10.8. The molecule has 0 amide bonds. The molecule has 3 nitrogen and oxygen atoms in total. The monoisotopic (exact) mass is 234 g/mol. The molecule has 1 atom stereocenters. The summed E-state index contributed by atoms with van der Waals surface area (Å²) >= 11 is 0. The zero-order chi connectivity index (χ0) is 12.1. The molecule has 0 bridgehead atoms. The van der Waals surface area contributed by atoms with Crippen LogP contribution in [0.5, 0.6) is 0 Å². The minimum Gasteiger partial charge on any atom is -0.384 e. The van der Waals surface area contributed by atoms with E-state index in [2.05, 4.69) is 34.5 Å². The Bertz CT molecular complexity index is 354. The van der Waals surface area contributed by atoms with Gasteiger partial charge in [0.25, 0.3) is 0 Å². The van der Waals surface area contributed by atoms with Crippen LogP contribution >= 0.6 is 0 Å². The van der Waals surface area contributed by atoms with Crippen LogP contribution in [0.15, 0.2) is 24.3 Å². The van der Waals surface area contributed by atoms with E-state index in [0.29, 0.717) is 5.92 Å². The van der Waals surface area contributed by atoms with Crippen LogP contribution in [0.2, 0.25) is 0 Å². The fraction of sp³-hybridized carbons (Fsp3) is 0.571. The highest BCUT2D eigenvalue weighted by atomic mass is 16.5. The van der Waals surface area contributed by atoms with Crippen molar-refractivity contribution in [3.63, 3.8) is 0 Å². The van der Waals surface area contributed by atoms with Gasteiger partial charge < -0.3 is 15.0 Å². The van der Waals surface area contributed by atoms with Crippen molar-refractivity contribution in [3.05, 3.63) is 29.8 Å². The van der Waals surface area contributed by atoms with Crippen molar-refractivity contribution >= 4 is 5.69 Å². The lowest BCUT2D eigenvalue weighted by Gasteiger charge is -2.22. The summed E-state index contributed by atoms with van der Waals surface area (Å²) in [6.45, 7) is 4.08. The molecule has 17 heavy (non-hydrogen) atoms. The maximum atomic E-state index is 5.25. The normalized spacial score (nSPS) is 19.9. The van der Waals surface area contributed by atoms with Gasteiger partial charge >= 0.3 is 0 Å². The number of hydrogen-bond donors (Lipinski definition) is 1. The quantitative estimate of drug-likeness (QED) is 0.842. The Morgan fingerprint density at radius 1 is 1.41 bits per heavy atom. The molecule has 1 unspecified atom stereocenters. The highest BCUT2D eigenvalue weighted by Crippen LogP contribution is 2.27. The zero-order valence-corrected chi connectivity index (χ0v) is 10.8. The fourth-order valence-corrected chi connectivity index (χ4v) is 2.58. The Morgan fingerprint density at radius 3 is 3.00 bits per heavy atom. The highest BCUT2D eigenvalue weighted by molar-refractivity contribution is 5.54. The standard InChI is InChI=1S/C14H22N2O/c1-15-9-13-5-3-4-6-14(13)16-8-7-12(10-16)11-17-2/h3-6,12,15H,7-11H2,1-2H3. The highest BCUT2D eigenvalue weighted by Gasteiger charge is 2.23. The molecule has 2 rings (SSSR count). The lowest BCUT2D eigenvalue weighted by molar-refractivity contribution is 0.161. The van der Waals surface area contributed by atoms with Gasteiger partial charge in [0.05, 0.1) is 6.61 Å². The van der Waals surface area contributed by atoms with Gasteiger partial charge in [0.15, 0.2) is 0 Å². The lowest BCUT2D eigenvalue weighted by atomic mass is 10.1. The van der Waals surface area contributed by atoms with Crippen molar-refractivity contribution in [2.24, 2.45) is 5.92 Å². The lowest BCUT2D eigenvalue weighted by Crippen LogP contribution is -2.23. The summed E-state index contributed by atoms with van der Waals surface area (Å²) in [5.74, 6) is 0.683. The third-order valence-corrected chi connectivity index (χ3v) is 3.39. The van der Waals surface area contributed by atoms with E-state index in [9.17, 15) is 0 Å². The van der Waals surface area contributed by atoms with Gasteiger partial charge in [-0.15, -0.1) is 0 Å². The number of nitrogens with zero attached hydrogens (tertiary/aromatic N) is 1. The van der Waals surface area contributed by atoms with E-state index in [0.717, 1.165) is 26.2 Å². The first kappa shape index (κ1) is 12.4. The van der Waals surface area contributed by atoms with Crippen LogP contribution in [0.1, 0.15) is 12.0 Å². The number of methoxy groups -OCH3 is 1. The Morgan fingerprint density at radius 2 is 2.24 bits per heavy atom. The van der Waals surface area contributed by atoms with E-state index in [1.807, 2.05) is 7.05 Å². The number of hydrogen-bond acceptors (Lipinski definition) is 3. The average Bonchev–Trinajstić information content (AvgIpc) is 2.79. The predicted molar refractivity (Wildman–Crippen MR) is 71.4 cm³/mol. The first-order chi connectivity index (χ1) is 8.35. The maximum Gasteiger partial charge on any atom is 0.0508 e. The number of para-hydroxylation sites is 1. The van der Waals surface area contributed by atoms with E-state index < -0.39 is 0 Å². The summed E-state index contributed by atoms with van der Waals surface area (Å²) in [4.78, 5) is 2.48. The number of ether oxygens (including phenoxy) is 1. The Labute approximate surface area is 104 Å². The van der Waals surface area contributed by atoms with Crippen LogP contribution < -0.4 is 10.2 Å².